The fourth-order valence-electron chi connectivity index (χ4n) is 1.91. The van der Waals surface area contributed by atoms with E-state index >= 15 is 0 Å². The molecule has 0 aliphatic heterocycles. The molecule has 3 nitrogen and oxygen atoms in total. The van der Waals surface area contributed by atoms with Gasteiger partial charge >= 0.3 is 0 Å². The van der Waals surface area contributed by atoms with Gasteiger partial charge in [-0.1, -0.05) is 12.1 Å². The molecule has 0 bridgehead atoms. The predicted molar refractivity (Wildman–Crippen MR) is 80.3 cm³/mol. The van der Waals surface area contributed by atoms with E-state index in [-0.39, 0.29) is 6.04 Å². The summed E-state index contributed by atoms with van der Waals surface area (Å²) in [5.41, 5.74) is 9.43. The first-order chi connectivity index (χ1) is 9.10. The van der Waals surface area contributed by atoms with Crippen LogP contribution in [0, 0.1) is 6.92 Å². The summed E-state index contributed by atoms with van der Waals surface area (Å²) in [6, 6.07) is 9.99. The first-order valence-corrected chi connectivity index (χ1v) is 6.90. The fourth-order valence-corrected chi connectivity index (χ4v) is 2.50. The normalized spacial score (nSPS) is 12.2. The molecule has 1 atom stereocenters. The van der Waals surface area contributed by atoms with Crippen LogP contribution < -0.4 is 10.5 Å². The molecular weight excluding hydrogens is 304 g/mol. The highest BCUT2D eigenvalue weighted by Crippen LogP contribution is 2.27. The number of methoxy groups -OCH3 is 1. The quantitative estimate of drug-likeness (QED) is 0.939. The molecule has 1 aromatic carbocycles. The fraction of sp³-hybridized carbons (Fsp3) is 0.267. The molecule has 1 unspecified atom stereocenters. The first-order valence-electron chi connectivity index (χ1n) is 6.10. The van der Waals surface area contributed by atoms with Crippen LogP contribution in [0.25, 0.3) is 0 Å². The summed E-state index contributed by atoms with van der Waals surface area (Å²) < 4.78 is 6.16. The summed E-state index contributed by atoms with van der Waals surface area (Å²) in [5.74, 6) is 0.828. The topological polar surface area (TPSA) is 48.1 Å². The molecule has 0 aliphatic carbocycles. The van der Waals surface area contributed by atoms with Gasteiger partial charge < -0.3 is 10.5 Å². The van der Waals surface area contributed by atoms with Gasteiger partial charge in [-0.3, -0.25) is 4.98 Å². The molecule has 0 aliphatic rings. The van der Waals surface area contributed by atoms with Crippen molar-refractivity contribution in [1.29, 1.82) is 0 Å². The zero-order valence-electron chi connectivity index (χ0n) is 11.1. The lowest BCUT2D eigenvalue weighted by Crippen LogP contribution is -2.13. The molecule has 0 spiro atoms. The van der Waals surface area contributed by atoms with Crippen molar-refractivity contribution in [3.8, 4) is 5.75 Å². The summed E-state index contributed by atoms with van der Waals surface area (Å²) in [5, 5.41) is 0. The minimum Gasteiger partial charge on any atom is -0.496 e. The number of nitrogens with two attached hydrogens (primary N) is 1. The lowest BCUT2D eigenvalue weighted by Gasteiger charge is -2.13. The van der Waals surface area contributed by atoms with Gasteiger partial charge in [0.2, 0.25) is 0 Å². The number of aryl methyl sites for hydroxylation is 1. The van der Waals surface area contributed by atoms with Crippen molar-refractivity contribution in [1.82, 2.24) is 4.98 Å². The highest BCUT2D eigenvalue weighted by Gasteiger charge is 2.09. The third-order valence-electron chi connectivity index (χ3n) is 3.03. The molecule has 0 radical (unpaired) electrons. The summed E-state index contributed by atoms with van der Waals surface area (Å²) in [4.78, 5) is 4.28. The molecule has 4 heteroatoms. The van der Waals surface area contributed by atoms with E-state index in [1.165, 1.54) is 5.56 Å². The Morgan fingerprint density at radius 2 is 2.11 bits per heavy atom. The highest BCUT2D eigenvalue weighted by atomic mass is 79.9. The standard InChI is InChI=1S/C15H17BrN2O/c1-10-3-5-12(9-18-10)14(17)8-11-4-6-15(19-2)13(16)7-11/h3-7,9,14H,8,17H2,1-2H3. The predicted octanol–water partition coefficient (Wildman–Crippen LogP) is 3.40. The molecule has 0 amide bonds. The Kier molecular flexibility index (Phi) is 4.56. The lowest BCUT2D eigenvalue weighted by atomic mass is 10.0. The number of benzene rings is 1. The van der Waals surface area contributed by atoms with Crippen LogP contribution in [0.2, 0.25) is 0 Å². The second-order valence-electron chi connectivity index (χ2n) is 4.51. The van der Waals surface area contributed by atoms with Gasteiger partial charge in [-0.15, -0.1) is 0 Å². The molecule has 0 saturated carbocycles. The van der Waals surface area contributed by atoms with Gasteiger partial charge in [-0.2, -0.15) is 0 Å². The second kappa shape index (κ2) is 6.17. The second-order valence-corrected chi connectivity index (χ2v) is 5.37. The van der Waals surface area contributed by atoms with Gasteiger partial charge in [0, 0.05) is 17.9 Å². The van der Waals surface area contributed by atoms with E-state index in [4.69, 9.17) is 10.5 Å². The Morgan fingerprint density at radius 1 is 1.32 bits per heavy atom. The van der Waals surface area contributed by atoms with Gasteiger partial charge in [0.15, 0.2) is 0 Å². The van der Waals surface area contributed by atoms with E-state index in [1.54, 1.807) is 7.11 Å². The number of pyridine rings is 1. The van der Waals surface area contributed by atoms with Crippen molar-refractivity contribution in [3.05, 3.63) is 57.8 Å². The van der Waals surface area contributed by atoms with Crippen LogP contribution in [-0.4, -0.2) is 12.1 Å². The largest absolute Gasteiger partial charge is 0.496 e. The molecule has 0 fully saturated rings. The van der Waals surface area contributed by atoms with Gasteiger partial charge in [0.25, 0.3) is 0 Å². The first kappa shape index (κ1) is 14.0. The van der Waals surface area contributed by atoms with E-state index in [2.05, 4.69) is 20.9 Å². The number of nitrogens with zero attached hydrogens (tertiary/aromatic N) is 1. The molecule has 19 heavy (non-hydrogen) atoms. The Hall–Kier alpha value is -1.39. The van der Waals surface area contributed by atoms with Gasteiger partial charge in [-0.25, -0.2) is 0 Å². The molecule has 1 heterocycles. The Bertz CT molecular complexity index is 555. The Morgan fingerprint density at radius 3 is 2.68 bits per heavy atom. The molecular formula is C15H17BrN2O. The van der Waals surface area contributed by atoms with Crippen LogP contribution in [0.15, 0.2) is 41.0 Å². The maximum Gasteiger partial charge on any atom is 0.133 e. The Labute approximate surface area is 121 Å². The summed E-state index contributed by atoms with van der Waals surface area (Å²) in [6.07, 6.45) is 2.62. The van der Waals surface area contributed by atoms with E-state index in [9.17, 15) is 0 Å². The maximum absolute atomic E-state index is 6.21. The van der Waals surface area contributed by atoms with E-state index in [0.29, 0.717) is 0 Å². The van der Waals surface area contributed by atoms with Crippen molar-refractivity contribution in [2.75, 3.05) is 7.11 Å². The molecule has 0 saturated heterocycles. The maximum atomic E-state index is 6.21. The third-order valence-corrected chi connectivity index (χ3v) is 3.65. The summed E-state index contributed by atoms with van der Waals surface area (Å²) in [6.45, 7) is 1.97. The summed E-state index contributed by atoms with van der Waals surface area (Å²) >= 11 is 3.48. The number of rotatable bonds is 4. The molecule has 2 rings (SSSR count). The van der Waals surface area contributed by atoms with Crippen molar-refractivity contribution in [2.45, 2.75) is 19.4 Å². The number of hydrogen-bond acceptors (Lipinski definition) is 3. The molecule has 2 N–H and O–H groups in total. The number of aromatic nitrogens is 1. The van der Waals surface area contributed by atoms with Crippen LogP contribution in [0.4, 0.5) is 0 Å². The van der Waals surface area contributed by atoms with Gasteiger partial charge in [0.05, 0.1) is 11.6 Å². The third kappa shape index (κ3) is 3.55. The van der Waals surface area contributed by atoms with Crippen molar-refractivity contribution in [2.24, 2.45) is 5.73 Å². The lowest BCUT2D eigenvalue weighted by molar-refractivity contribution is 0.412. The summed E-state index contributed by atoms with van der Waals surface area (Å²) in [7, 11) is 1.66. The number of ether oxygens (including phenoxy) is 1. The minimum atomic E-state index is -0.0478. The van der Waals surface area contributed by atoms with Crippen LogP contribution >= 0.6 is 15.9 Å². The van der Waals surface area contributed by atoms with Gasteiger partial charge in [0.1, 0.15) is 5.75 Å². The van der Waals surface area contributed by atoms with Crippen molar-refractivity contribution >= 4 is 15.9 Å². The van der Waals surface area contributed by atoms with Crippen LogP contribution in [0.5, 0.6) is 5.75 Å². The molecule has 1 aromatic heterocycles. The SMILES string of the molecule is COc1ccc(CC(N)c2ccc(C)nc2)cc1Br. The molecule has 100 valence electrons. The molecule has 2 aromatic rings. The van der Waals surface area contributed by atoms with Gasteiger partial charge in [-0.05, 0) is 58.6 Å². The zero-order valence-corrected chi connectivity index (χ0v) is 12.6. The minimum absolute atomic E-state index is 0.0478. The van der Waals surface area contributed by atoms with Crippen LogP contribution in [0.1, 0.15) is 22.9 Å². The number of hydrogen-bond donors (Lipinski definition) is 1. The smallest absolute Gasteiger partial charge is 0.133 e. The van der Waals surface area contributed by atoms with Crippen molar-refractivity contribution in [3.63, 3.8) is 0 Å². The van der Waals surface area contributed by atoms with Crippen LogP contribution in [0.3, 0.4) is 0 Å². The monoisotopic (exact) mass is 320 g/mol. The van der Waals surface area contributed by atoms with E-state index in [1.807, 2.05) is 43.5 Å². The van der Waals surface area contributed by atoms with Crippen molar-refractivity contribution < 1.29 is 4.74 Å². The highest BCUT2D eigenvalue weighted by molar-refractivity contribution is 9.10. The average Bonchev–Trinajstić information content (AvgIpc) is 2.39. The zero-order chi connectivity index (χ0) is 13.8. The Balaban J connectivity index is 2.12. The average molecular weight is 321 g/mol. The number of halogens is 1. The van der Waals surface area contributed by atoms with E-state index < -0.39 is 0 Å². The van der Waals surface area contributed by atoms with E-state index in [0.717, 1.165) is 27.9 Å². The van der Waals surface area contributed by atoms with Crippen LogP contribution in [-0.2, 0) is 6.42 Å².